The smallest absolute Gasteiger partial charge is 0.0684 e. The number of hydrogen-bond donors (Lipinski definition) is 1. The van der Waals surface area contributed by atoms with Crippen molar-refractivity contribution in [2.75, 3.05) is 6.54 Å². The monoisotopic (exact) mass is 217 g/mol. The van der Waals surface area contributed by atoms with Crippen molar-refractivity contribution in [2.45, 2.75) is 33.2 Å². The normalized spacial score (nSPS) is 13.1. The Kier molecular flexibility index (Phi) is 4.45. The summed E-state index contributed by atoms with van der Waals surface area (Å²) in [7, 11) is 0. The highest BCUT2D eigenvalue weighted by Gasteiger charge is 2.16. The maximum Gasteiger partial charge on any atom is 0.0684 e. The topological polar surface area (TPSA) is 48.7 Å². The van der Waals surface area contributed by atoms with Crippen molar-refractivity contribution >= 4 is 0 Å². The zero-order valence-electron chi connectivity index (χ0n) is 10.2. The predicted molar refractivity (Wildman–Crippen MR) is 64.7 cm³/mol. The van der Waals surface area contributed by atoms with Crippen molar-refractivity contribution in [3.05, 3.63) is 30.1 Å². The van der Waals surface area contributed by atoms with E-state index in [1.165, 1.54) is 5.56 Å². The van der Waals surface area contributed by atoms with Crippen molar-refractivity contribution in [3.63, 3.8) is 0 Å². The Morgan fingerprint density at radius 2 is 2.06 bits per heavy atom. The van der Waals surface area contributed by atoms with Gasteiger partial charge in [-0.05, 0) is 51.4 Å². The largest absolute Gasteiger partial charge is 0.310 e. The lowest BCUT2D eigenvalue weighted by molar-refractivity contribution is 0.416. The summed E-state index contributed by atoms with van der Waals surface area (Å²) in [5, 5.41) is 12.3. The Labute approximate surface area is 97.5 Å². The lowest BCUT2D eigenvalue weighted by Crippen LogP contribution is -2.24. The number of rotatable bonds is 5. The molecule has 3 nitrogen and oxygen atoms in total. The minimum Gasteiger partial charge on any atom is -0.310 e. The van der Waals surface area contributed by atoms with Crippen LogP contribution in [0.1, 0.15) is 38.8 Å². The van der Waals surface area contributed by atoms with Gasteiger partial charge in [-0.15, -0.1) is 0 Å². The van der Waals surface area contributed by atoms with E-state index in [1.54, 1.807) is 12.4 Å². The molecule has 1 rings (SSSR count). The number of pyridine rings is 1. The van der Waals surface area contributed by atoms with Crippen molar-refractivity contribution in [1.29, 1.82) is 5.26 Å². The van der Waals surface area contributed by atoms with Crippen LogP contribution in [-0.2, 0) is 0 Å². The molecule has 0 radical (unpaired) electrons. The van der Waals surface area contributed by atoms with Gasteiger partial charge in [0.2, 0.25) is 0 Å². The lowest BCUT2D eigenvalue weighted by Gasteiger charge is -2.18. The van der Waals surface area contributed by atoms with Crippen molar-refractivity contribution in [1.82, 2.24) is 10.3 Å². The van der Waals surface area contributed by atoms with E-state index < -0.39 is 0 Å². The maximum atomic E-state index is 8.89. The van der Waals surface area contributed by atoms with Gasteiger partial charge in [-0.2, -0.15) is 5.26 Å². The van der Waals surface area contributed by atoms with E-state index in [0.717, 1.165) is 13.0 Å². The molecule has 1 heterocycles. The molecule has 0 amide bonds. The third-order valence-electron chi connectivity index (χ3n) is 2.71. The average Bonchev–Trinajstić information content (AvgIpc) is 2.30. The Morgan fingerprint density at radius 3 is 2.62 bits per heavy atom. The minimum atomic E-state index is -0.245. The van der Waals surface area contributed by atoms with Gasteiger partial charge in [0.25, 0.3) is 0 Å². The Hall–Kier alpha value is -1.40. The molecule has 0 saturated carbocycles. The van der Waals surface area contributed by atoms with Gasteiger partial charge in [0.05, 0.1) is 11.5 Å². The summed E-state index contributed by atoms with van der Waals surface area (Å²) in [5.74, 6) is 0. The first-order valence-electron chi connectivity index (χ1n) is 5.60. The molecular formula is C13H19N3. The van der Waals surface area contributed by atoms with Gasteiger partial charge < -0.3 is 5.32 Å². The van der Waals surface area contributed by atoms with Crippen LogP contribution in [0.2, 0.25) is 0 Å². The third kappa shape index (κ3) is 4.00. The fraction of sp³-hybridized carbons (Fsp3) is 0.538. The molecule has 0 bridgehead atoms. The molecule has 1 aromatic heterocycles. The van der Waals surface area contributed by atoms with Gasteiger partial charge in [0.1, 0.15) is 0 Å². The Balaban J connectivity index is 2.38. The zero-order chi connectivity index (χ0) is 12.0. The quantitative estimate of drug-likeness (QED) is 0.825. The number of nitrogens with one attached hydrogen (secondary N) is 1. The summed E-state index contributed by atoms with van der Waals surface area (Å²) < 4.78 is 0. The number of aromatic nitrogens is 1. The van der Waals surface area contributed by atoms with E-state index in [-0.39, 0.29) is 5.41 Å². The molecule has 1 atom stereocenters. The first-order chi connectivity index (χ1) is 7.55. The van der Waals surface area contributed by atoms with Crippen LogP contribution in [0, 0.1) is 16.7 Å². The predicted octanol–water partition coefficient (Wildman–Crippen LogP) is 2.67. The van der Waals surface area contributed by atoms with Crippen LogP contribution >= 0.6 is 0 Å². The Morgan fingerprint density at radius 1 is 1.44 bits per heavy atom. The van der Waals surface area contributed by atoms with Gasteiger partial charge >= 0.3 is 0 Å². The lowest BCUT2D eigenvalue weighted by atomic mass is 9.91. The molecule has 0 aliphatic heterocycles. The van der Waals surface area contributed by atoms with Crippen molar-refractivity contribution in [3.8, 4) is 6.07 Å². The van der Waals surface area contributed by atoms with Gasteiger partial charge in [-0.25, -0.2) is 0 Å². The van der Waals surface area contributed by atoms with Gasteiger partial charge in [0, 0.05) is 18.4 Å². The molecule has 0 saturated heterocycles. The van der Waals surface area contributed by atoms with Crippen LogP contribution in [0.15, 0.2) is 24.5 Å². The summed E-state index contributed by atoms with van der Waals surface area (Å²) >= 11 is 0. The summed E-state index contributed by atoms with van der Waals surface area (Å²) in [4.78, 5) is 3.99. The van der Waals surface area contributed by atoms with Crippen molar-refractivity contribution in [2.24, 2.45) is 5.41 Å². The molecule has 1 N–H and O–H groups in total. The van der Waals surface area contributed by atoms with E-state index in [1.807, 2.05) is 26.0 Å². The molecule has 16 heavy (non-hydrogen) atoms. The molecular weight excluding hydrogens is 198 g/mol. The van der Waals surface area contributed by atoms with Gasteiger partial charge in [-0.3, -0.25) is 4.98 Å². The average molecular weight is 217 g/mol. The van der Waals surface area contributed by atoms with E-state index in [2.05, 4.69) is 23.3 Å². The third-order valence-corrected chi connectivity index (χ3v) is 2.71. The van der Waals surface area contributed by atoms with Gasteiger partial charge in [-0.1, -0.05) is 0 Å². The molecule has 0 spiro atoms. The van der Waals surface area contributed by atoms with E-state index >= 15 is 0 Å². The maximum absolute atomic E-state index is 8.89. The second kappa shape index (κ2) is 5.62. The molecule has 0 aromatic carbocycles. The highest BCUT2D eigenvalue weighted by Crippen LogP contribution is 2.18. The SMILES string of the molecule is CC(NCCC(C)(C)C#N)c1ccncc1. The number of nitriles is 1. The second-order valence-electron chi connectivity index (χ2n) is 4.70. The van der Waals surface area contributed by atoms with Crippen LogP contribution in [-0.4, -0.2) is 11.5 Å². The molecule has 3 heteroatoms. The Bertz CT molecular complexity index is 351. The molecule has 86 valence electrons. The van der Waals surface area contributed by atoms with Crippen LogP contribution in [0.5, 0.6) is 0 Å². The highest BCUT2D eigenvalue weighted by molar-refractivity contribution is 5.13. The van der Waals surface area contributed by atoms with E-state index in [4.69, 9.17) is 5.26 Å². The standard InChI is InChI=1S/C13H19N3/c1-11(12-4-7-15-8-5-12)16-9-6-13(2,3)10-14/h4-5,7-8,11,16H,6,9H2,1-3H3. The summed E-state index contributed by atoms with van der Waals surface area (Å²) in [6.07, 6.45) is 4.46. The number of hydrogen-bond acceptors (Lipinski definition) is 3. The zero-order valence-corrected chi connectivity index (χ0v) is 10.2. The van der Waals surface area contributed by atoms with E-state index in [9.17, 15) is 0 Å². The molecule has 0 aliphatic carbocycles. The summed E-state index contributed by atoms with van der Waals surface area (Å²) in [6, 6.07) is 6.62. The summed E-state index contributed by atoms with van der Waals surface area (Å²) in [5.41, 5.74) is 0.982. The molecule has 1 unspecified atom stereocenters. The molecule has 1 aromatic rings. The van der Waals surface area contributed by atoms with Crippen LogP contribution in [0.4, 0.5) is 0 Å². The van der Waals surface area contributed by atoms with E-state index in [0.29, 0.717) is 6.04 Å². The fourth-order valence-corrected chi connectivity index (χ4v) is 1.43. The first-order valence-corrected chi connectivity index (χ1v) is 5.60. The molecule has 0 aliphatic rings. The second-order valence-corrected chi connectivity index (χ2v) is 4.70. The van der Waals surface area contributed by atoms with Crippen LogP contribution in [0.25, 0.3) is 0 Å². The van der Waals surface area contributed by atoms with Crippen LogP contribution in [0.3, 0.4) is 0 Å². The molecule has 0 fully saturated rings. The van der Waals surface area contributed by atoms with Crippen LogP contribution < -0.4 is 5.32 Å². The first kappa shape index (κ1) is 12.7. The minimum absolute atomic E-state index is 0.245. The highest BCUT2D eigenvalue weighted by atomic mass is 14.9. The van der Waals surface area contributed by atoms with Crippen molar-refractivity contribution < 1.29 is 0 Å². The number of nitrogens with zero attached hydrogens (tertiary/aromatic N) is 2. The summed E-state index contributed by atoms with van der Waals surface area (Å²) in [6.45, 7) is 6.90. The van der Waals surface area contributed by atoms with Gasteiger partial charge in [0.15, 0.2) is 0 Å². The fourth-order valence-electron chi connectivity index (χ4n) is 1.43.